The highest BCUT2D eigenvalue weighted by molar-refractivity contribution is 6.33. The number of hydrogen-bond acceptors (Lipinski definition) is 4. The molecule has 0 spiro atoms. The summed E-state index contributed by atoms with van der Waals surface area (Å²) in [6.07, 6.45) is 1.37. The van der Waals surface area contributed by atoms with Crippen LogP contribution in [-0.4, -0.2) is 52.7 Å². The number of likely N-dealkylation sites (tertiary alicyclic amines) is 1. The summed E-state index contributed by atoms with van der Waals surface area (Å²) in [6.45, 7) is 1.99. The maximum Gasteiger partial charge on any atom is 0.326 e. The molecule has 1 aliphatic rings. The van der Waals surface area contributed by atoms with Crippen molar-refractivity contribution in [3.8, 4) is 0 Å². The SMILES string of the molecule is COC1CC(C(=O)O)N(C(=O)c2cnc(C)cc2Cl)C1. The fourth-order valence-electron chi connectivity index (χ4n) is 2.27. The van der Waals surface area contributed by atoms with Gasteiger partial charge in [-0.1, -0.05) is 11.6 Å². The Morgan fingerprint density at radius 2 is 2.25 bits per heavy atom. The zero-order valence-electron chi connectivity index (χ0n) is 11.2. The fraction of sp³-hybridized carbons (Fsp3) is 0.462. The second kappa shape index (κ2) is 5.76. The number of pyridine rings is 1. The van der Waals surface area contributed by atoms with Crippen LogP contribution in [0.5, 0.6) is 0 Å². The lowest BCUT2D eigenvalue weighted by Crippen LogP contribution is -2.40. The van der Waals surface area contributed by atoms with E-state index in [1.165, 1.54) is 18.2 Å². The first kappa shape index (κ1) is 14.7. The number of carbonyl (C=O) groups excluding carboxylic acids is 1. The summed E-state index contributed by atoms with van der Waals surface area (Å²) in [5.74, 6) is -1.48. The number of hydrogen-bond donors (Lipinski definition) is 1. The highest BCUT2D eigenvalue weighted by Gasteiger charge is 2.40. The Morgan fingerprint density at radius 1 is 1.55 bits per heavy atom. The summed E-state index contributed by atoms with van der Waals surface area (Å²) in [6, 6.07) is 0.680. The number of carboxylic acid groups (broad SMARTS) is 1. The van der Waals surface area contributed by atoms with Gasteiger partial charge in [-0.3, -0.25) is 9.78 Å². The normalized spacial score (nSPS) is 22.1. The van der Waals surface area contributed by atoms with Crippen LogP contribution in [0.2, 0.25) is 5.02 Å². The van der Waals surface area contributed by atoms with Crippen molar-refractivity contribution in [3.05, 3.63) is 28.5 Å². The molecule has 2 unspecified atom stereocenters. The van der Waals surface area contributed by atoms with Crippen LogP contribution in [-0.2, 0) is 9.53 Å². The van der Waals surface area contributed by atoms with Crippen molar-refractivity contribution in [1.82, 2.24) is 9.88 Å². The van der Waals surface area contributed by atoms with E-state index in [1.807, 2.05) is 0 Å². The number of amides is 1. The van der Waals surface area contributed by atoms with E-state index >= 15 is 0 Å². The molecule has 108 valence electrons. The van der Waals surface area contributed by atoms with Gasteiger partial charge in [-0.2, -0.15) is 0 Å². The smallest absolute Gasteiger partial charge is 0.326 e. The van der Waals surface area contributed by atoms with Crippen LogP contribution in [0.15, 0.2) is 12.3 Å². The van der Waals surface area contributed by atoms with Gasteiger partial charge in [0.05, 0.1) is 16.7 Å². The molecule has 0 bridgehead atoms. The zero-order chi connectivity index (χ0) is 14.9. The number of carboxylic acids is 1. The topological polar surface area (TPSA) is 79.7 Å². The van der Waals surface area contributed by atoms with Gasteiger partial charge in [-0.25, -0.2) is 4.79 Å². The summed E-state index contributed by atoms with van der Waals surface area (Å²) in [5.41, 5.74) is 0.901. The molecule has 7 heteroatoms. The highest BCUT2D eigenvalue weighted by Crippen LogP contribution is 2.25. The Kier molecular flexibility index (Phi) is 4.25. The summed E-state index contributed by atoms with van der Waals surface area (Å²) in [5, 5.41) is 9.48. The number of aromatic nitrogens is 1. The number of ether oxygens (including phenoxy) is 1. The fourth-order valence-corrected chi connectivity index (χ4v) is 2.55. The Bertz CT molecular complexity index is 549. The van der Waals surface area contributed by atoms with Gasteiger partial charge in [0.15, 0.2) is 0 Å². The number of rotatable bonds is 3. The van der Waals surface area contributed by atoms with Gasteiger partial charge in [-0.15, -0.1) is 0 Å². The number of nitrogens with zero attached hydrogens (tertiary/aromatic N) is 2. The minimum Gasteiger partial charge on any atom is -0.480 e. The summed E-state index contributed by atoms with van der Waals surface area (Å²) >= 11 is 6.03. The van der Waals surface area contributed by atoms with Gasteiger partial charge in [0, 0.05) is 32.0 Å². The number of halogens is 1. The van der Waals surface area contributed by atoms with Crippen LogP contribution >= 0.6 is 11.6 Å². The zero-order valence-corrected chi connectivity index (χ0v) is 11.9. The van der Waals surface area contributed by atoms with Crippen molar-refractivity contribution in [2.75, 3.05) is 13.7 Å². The molecule has 20 heavy (non-hydrogen) atoms. The summed E-state index contributed by atoms with van der Waals surface area (Å²) < 4.78 is 5.15. The standard InChI is InChI=1S/C13H15ClN2O4/c1-7-3-10(14)9(5-15-7)12(17)16-6-8(20-2)4-11(16)13(18)19/h3,5,8,11H,4,6H2,1-2H3,(H,18,19). The maximum atomic E-state index is 12.4. The number of aryl methyl sites for hydroxylation is 1. The lowest BCUT2D eigenvalue weighted by Gasteiger charge is -2.21. The predicted octanol–water partition coefficient (Wildman–Crippen LogP) is 1.36. The molecule has 2 heterocycles. The third-order valence-electron chi connectivity index (χ3n) is 3.36. The Morgan fingerprint density at radius 3 is 2.80 bits per heavy atom. The number of carbonyl (C=O) groups is 2. The predicted molar refractivity (Wildman–Crippen MR) is 71.9 cm³/mol. The van der Waals surface area contributed by atoms with Crippen LogP contribution in [0, 0.1) is 6.92 Å². The molecule has 0 aliphatic carbocycles. The molecule has 2 rings (SSSR count). The molecule has 0 saturated carbocycles. The third-order valence-corrected chi connectivity index (χ3v) is 3.68. The van der Waals surface area contributed by atoms with Gasteiger partial charge in [-0.05, 0) is 13.0 Å². The first-order valence-electron chi connectivity index (χ1n) is 6.12. The van der Waals surface area contributed by atoms with Crippen molar-refractivity contribution in [1.29, 1.82) is 0 Å². The van der Waals surface area contributed by atoms with E-state index in [4.69, 9.17) is 16.3 Å². The van der Waals surface area contributed by atoms with E-state index in [0.29, 0.717) is 5.69 Å². The highest BCUT2D eigenvalue weighted by atomic mass is 35.5. The Hall–Kier alpha value is -1.66. The molecule has 1 N–H and O–H groups in total. The second-order valence-electron chi connectivity index (χ2n) is 4.71. The third kappa shape index (κ3) is 2.76. The van der Waals surface area contributed by atoms with Gasteiger partial charge >= 0.3 is 5.97 Å². The van der Waals surface area contributed by atoms with Crippen molar-refractivity contribution >= 4 is 23.5 Å². The monoisotopic (exact) mass is 298 g/mol. The van der Waals surface area contributed by atoms with Gasteiger partial charge in [0.2, 0.25) is 0 Å². The van der Waals surface area contributed by atoms with Crippen LogP contribution < -0.4 is 0 Å². The molecule has 1 aromatic rings. The minimum atomic E-state index is -1.05. The minimum absolute atomic E-state index is 0.209. The van der Waals surface area contributed by atoms with Crippen molar-refractivity contribution in [3.63, 3.8) is 0 Å². The molecule has 1 aromatic heterocycles. The average molecular weight is 299 g/mol. The largest absolute Gasteiger partial charge is 0.480 e. The molecule has 0 radical (unpaired) electrons. The molecular formula is C13H15ClN2O4. The Balaban J connectivity index is 2.29. The van der Waals surface area contributed by atoms with E-state index in [-0.39, 0.29) is 29.7 Å². The van der Waals surface area contributed by atoms with Crippen LogP contribution in [0.3, 0.4) is 0 Å². The van der Waals surface area contributed by atoms with E-state index in [0.717, 1.165) is 0 Å². The van der Waals surface area contributed by atoms with Gasteiger partial charge in [0.25, 0.3) is 5.91 Å². The summed E-state index contributed by atoms with van der Waals surface area (Å²) in [4.78, 5) is 29.0. The van der Waals surface area contributed by atoms with Crippen LogP contribution in [0.1, 0.15) is 22.5 Å². The van der Waals surface area contributed by atoms with Crippen molar-refractivity contribution in [2.45, 2.75) is 25.5 Å². The molecule has 2 atom stereocenters. The first-order chi connectivity index (χ1) is 9.43. The van der Waals surface area contributed by atoms with Gasteiger partial charge in [0.1, 0.15) is 6.04 Å². The Labute approximate surface area is 121 Å². The molecular weight excluding hydrogens is 284 g/mol. The van der Waals surface area contributed by atoms with Crippen LogP contribution in [0.4, 0.5) is 0 Å². The van der Waals surface area contributed by atoms with Crippen LogP contribution in [0.25, 0.3) is 0 Å². The lowest BCUT2D eigenvalue weighted by molar-refractivity contribution is -0.141. The number of methoxy groups -OCH3 is 1. The molecule has 0 aromatic carbocycles. The van der Waals surface area contributed by atoms with Crippen molar-refractivity contribution < 1.29 is 19.4 Å². The molecule has 1 amide bonds. The summed E-state index contributed by atoms with van der Waals surface area (Å²) in [7, 11) is 1.50. The lowest BCUT2D eigenvalue weighted by atomic mass is 10.2. The second-order valence-corrected chi connectivity index (χ2v) is 5.12. The van der Waals surface area contributed by atoms with E-state index in [9.17, 15) is 14.7 Å². The van der Waals surface area contributed by atoms with Crippen molar-refractivity contribution in [2.24, 2.45) is 0 Å². The molecule has 1 saturated heterocycles. The van der Waals surface area contributed by atoms with E-state index in [2.05, 4.69) is 4.98 Å². The van der Waals surface area contributed by atoms with Gasteiger partial charge < -0.3 is 14.7 Å². The molecule has 1 fully saturated rings. The molecule has 6 nitrogen and oxygen atoms in total. The molecule has 1 aliphatic heterocycles. The van der Waals surface area contributed by atoms with E-state index < -0.39 is 17.9 Å². The number of aliphatic carboxylic acids is 1. The maximum absolute atomic E-state index is 12.4. The quantitative estimate of drug-likeness (QED) is 0.911. The van der Waals surface area contributed by atoms with E-state index in [1.54, 1.807) is 13.0 Å². The average Bonchev–Trinajstić information content (AvgIpc) is 2.82. The first-order valence-corrected chi connectivity index (χ1v) is 6.50.